The lowest BCUT2D eigenvalue weighted by molar-refractivity contribution is 0.0990. The summed E-state index contributed by atoms with van der Waals surface area (Å²) in [6.07, 6.45) is 4.75. The van der Waals surface area contributed by atoms with E-state index in [4.69, 9.17) is 4.74 Å². The predicted molar refractivity (Wildman–Crippen MR) is 136 cm³/mol. The van der Waals surface area contributed by atoms with Crippen LogP contribution in [0.15, 0.2) is 67.3 Å². The van der Waals surface area contributed by atoms with E-state index in [-0.39, 0.29) is 17.6 Å². The topological polar surface area (TPSA) is 118 Å². The largest absolute Gasteiger partial charge is 0.494 e. The van der Waals surface area contributed by atoms with Crippen molar-refractivity contribution < 1.29 is 18.7 Å². The lowest BCUT2D eigenvalue weighted by Gasteiger charge is -2.19. The number of aryl methyl sites for hydroxylation is 1. The first-order valence-corrected chi connectivity index (χ1v) is 11.2. The molecule has 0 saturated carbocycles. The van der Waals surface area contributed by atoms with Crippen LogP contribution in [0.5, 0.6) is 5.75 Å². The molecule has 0 radical (unpaired) electrons. The van der Waals surface area contributed by atoms with Gasteiger partial charge in [-0.15, -0.1) is 0 Å². The van der Waals surface area contributed by atoms with Crippen molar-refractivity contribution in [3.05, 3.63) is 89.9 Å². The highest BCUT2D eigenvalue weighted by atomic mass is 19.1. The van der Waals surface area contributed by atoms with Crippen molar-refractivity contribution >= 4 is 34.4 Å². The van der Waals surface area contributed by atoms with Gasteiger partial charge in [-0.2, -0.15) is 5.10 Å². The van der Waals surface area contributed by atoms with Gasteiger partial charge in [-0.1, -0.05) is 0 Å². The third-order valence-corrected chi connectivity index (χ3v) is 5.93. The number of fused-ring (bicyclic) bond motifs is 1. The zero-order valence-electron chi connectivity index (χ0n) is 20.2. The molecule has 2 N–H and O–H groups in total. The van der Waals surface area contributed by atoms with E-state index in [0.29, 0.717) is 34.0 Å². The molecule has 0 aliphatic heterocycles. The number of pyridine rings is 1. The molecule has 0 unspecified atom stereocenters. The highest BCUT2D eigenvalue weighted by molar-refractivity contribution is 6.08. The van der Waals surface area contributed by atoms with Gasteiger partial charge in [0.25, 0.3) is 11.8 Å². The molecule has 186 valence electrons. The summed E-state index contributed by atoms with van der Waals surface area (Å²) in [6.45, 7) is 1.88. The van der Waals surface area contributed by atoms with Gasteiger partial charge in [0.05, 0.1) is 30.0 Å². The molecule has 0 fully saturated rings. The third kappa shape index (κ3) is 4.49. The number of hydrogen-bond donors (Lipinski definition) is 2. The zero-order chi connectivity index (χ0) is 26.1. The lowest BCUT2D eigenvalue weighted by atomic mass is 10.1. The van der Waals surface area contributed by atoms with Gasteiger partial charge in [0.15, 0.2) is 11.6 Å². The molecule has 5 rings (SSSR count). The van der Waals surface area contributed by atoms with E-state index in [1.807, 2.05) is 11.5 Å². The van der Waals surface area contributed by atoms with E-state index in [1.54, 1.807) is 49.9 Å². The Bertz CT molecular complexity index is 1610. The van der Waals surface area contributed by atoms with Crippen molar-refractivity contribution in [2.45, 2.75) is 6.92 Å². The smallest absolute Gasteiger partial charge is 0.274 e. The van der Waals surface area contributed by atoms with E-state index >= 15 is 0 Å². The van der Waals surface area contributed by atoms with Gasteiger partial charge in [-0.25, -0.2) is 14.4 Å². The van der Waals surface area contributed by atoms with Gasteiger partial charge in [0, 0.05) is 30.6 Å². The summed E-state index contributed by atoms with van der Waals surface area (Å²) in [7, 11) is 2.99. The van der Waals surface area contributed by atoms with E-state index in [0.717, 1.165) is 11.1 Å². The minimum absolute atomic E-state index is 0.0542. The number of halogens is 1. The lowest BCUT2D eigenvalue weighted by Crippen LogP contribution is -2.26. The quantitative estimate of drug-likeness (QED) is 0.363. The molecule has 0 spiro atoms. The zero-order valence-corrected chi connectivity index (χ0v) is 20.2. The minimum atomic E-state index is -0.506. The fraction of sp³-hybridized carbons (Fsp3) is 0.115. The number of H-pyrrole nitrogens is 1. The molecule has 0 aliphatic carbocycles. The highest BCUT2D eigenvalue weighted by Crippen LogP contribution is 2.27. The summed E-state index contributed by atoms with van der Waals surface area (Å²) in [5, 5.41) is 9.06. The third-order valence-electron chi connectivity index (χ3n) is 5.93. The van der Waals surface area contributed by atoms with Gasteiger partial charge in [-0.3, -0.25) is 19.3 Å². The van der Waals surface area contributed by atoms with Gasteiger partial charge in [0.1, 0.15) is 17.8 Å². The first-order chi connectivity index (χ1) is 17.9. The number of carbonyl (C=O) groups excluding carboxylic acids is 2. The van der Waals surface area contributed by atoms with Crippen LogP contribution in [0.1, 0.15) is 26.4 Å². The van der Waals surface area contributed by atoms with Crippen molar-refractivity contribution in [1.29, 1.82) is 0 Å². The normalized spacial score (nSPS) is 10.9. The van der Waals surface area contributed by atoms with Gasteiger partial charge in [0.2, 0.25) is 0 Å². The van der Waals surface area contributed by atoms with Crippen LogP contribution in [-0.4, -0.2) is 50.7 Å². The number of ether oxygens (including phenoxy) is 1. The predicted octanol–water partition coefficient (Wildman–Crippen LogP) is 4.13. The van der Waals surface area contributed by atoms with Crippen molar-refractivity contribution in [3.8, 4) is 11.4 Å². The second-order valence-corrected chi connectivity index (χ2v) is 8.28. The molecule has 0 aliphatic rings. The first-order valence-electron chi connectivity index (χ1n) is 11.2. The summed E-state index contributed by atoms with van der Waals surface area (Å²) in [6, 6.07) is 12.8. The maximum Gasteiger partial charge on any atom is 0.274 e. The molecule has 3 aromatic heterocycles. The average Bonchev–Trinajstić information content (AvgIpc) is 3.60. The summed E-state index contributed by atoms with van der Waals surface area (Å²) in [4.78, 5) is 35.8. The maximum atomic E-state index is 13.8. The Kier molecular flexibility index (Phi) is 6.10. The number of hydrogen-bond acceptors (Lipinski definition) is 6. The van der Waals surface area contributed by atoms with Crippen molar-refractivity contribution in [2.24, 2.45) is 0 Å². The van der Waals surface area contributed by atoms with Crippen molar-refractivity contribution in [3.63, 3.8) is 0 Å². The van der Waals surface area contributed by atoms with Crippen LogP contribution in [0.2, 0.25) is 0 Å². The van der Waals surface area contributed by atoms with Crippen LogP contribution >= 0.6 is 0 Å². The number of nitrogens with one attached hydrogen (secondary N) is 2. The Morgan fingerprint density at radius 2 is 1.95 bits per heavy atom. The highest BCUT2D eigenvalue weighted by Gasteiger charge is 2.19. The van der Waals surface area contributed by atoms with Crippen molar-refractivity contribution in [2.75, 3.05) is 24.4 Å². The van der Waals surface area contributed by atoms with Gasteiger partial charge >= 0.3 is 0 Å². The number of anilines is 2. The molecule has 10 nitrogen and oxygen atoms in total. The van der Waals surface area contributed by atoms with Crippen molar-refractivity contribution in [1.82, 2.24) is 24.7 Å². The number of benzene rings is 2. The van der Waals surface area contributed by atoms with Gasteiger partial charge < -0.3 is 15.0 Å². The van der Waals surface area contributed by atoms with E-state index in [1.165, 1.54) is 36.4 Å². The summed E-state index contributed by atoms with van der Waals surface area (Å²) < 4.78 is 20.7. The molecular weight excluding hydrogens is 477 g/mol. The SMILES string of the molecule is COc1cc(N(C)C(=O)c2cc(C)c3ncn(-c4ccc(NC(=O)c5ccn[nH]5)nc4)c3c2)ccc1F. The second kappa shape index (κ2) is 9.53. The molecule has 37 heavy (non-hydrogen) atoms. The van der Waals surface area contributed by atoms with Crippen LogP contribution in [-0.2, 0) is 0 Å². The Hall–Kier alpha value is -5.06. The standard InChI is InChI=1S/C26H22FN7O3/c1-15-10-16(26(36)33(2)17-4-6-19(27)22(12-17)37-3)11-21-24(15)29-14-34(21)18-5-7-23(28-13-18)31-25(35)20-8-9-30-32-20/h4-14H,1-3H3,(H,30,32)(H,28,31,35). The fourth-order valence-corrected chi connectivity index (χ4v) is 3.96. The molecule has 3 heterocycles. The Morgan fingerprint density at radius 3 is 2.65 bits per heavy atom. The van der Waals surface area contributed by atoms with Crippen LogP contribution in [0.3, 0.4) is 0 Å². The molecule has 0 saturated heterocycles. The maximum absolute atomic E-state index is 13.8. The van der Waals surface area contributed by atoms with E-state index < -0.39 is 5.82 Å². The molecule has 11 heteroatoms. The number of aromatic amines is 1. The van der Waals surface area contributed by atoms with Crippen LogP contribution in [0.4, 0.5) is 15.9 Å². The number of aromatic nitrogens is 5. The van der Waals surface area contributed by atoms with Crippen LogP contribution in [0.25, 0.3) is 16.7 Å². The number of rotatable bonds is 6. The number of imidazole rings is 1. The van der Waals surface area contributed by atoms with Crippen LogP contribution in [0, 0.1) is 12.7 Å². The van der Waals surface area contributed by atoms with E-state index in [2.05, 4.69) is 25.5 Å². The Balaban J connectivity index is 1.44. The molecule has 2 aromatic carbocycles. The number of nitrogens with zero attached hydrogens (tertiary/aromatic N) is 5. The molecular formula is C26H22FN7O3. The van der Waals surface area contributed by atoms with Crippen LogP contribution < -0.4 is 15.0 Å². The number of carbonyl (C=O) groups is 2. The molecule has 0 bridgehead atoms. The number of amides is 2. The molecule has 5 aromatic rings. The second-order valence-electron chi connectivity index (χ2n) is 8.28. The summed E-state index contributed by atoms with van der Waals surface area (Å²) >= 11 is 0. The van der Waals surface area contributed by atoms with E-state index in [9.17, 15) is 14.0 Å². The summed E-state index contributed by atoms with van der Waals surface area (Å²) in [5.41, 5.74) is 4.22. The monoisotopic (exact) mass is 499 g/mol. The number of methoxy groups -OCH3 is 1. The molecule has 0 atom stereocenters. The fourth-order valence-electron chi connectivity index (χ4n) is 3.96. The Morgan fingerprint density at radius 1 is 1.11 bits per heavy atom. The average molecular weight is 500 g/mol. The summed E-state index contributed by atoms with van der Waals surface area (Å²) in [5.74, 6) is -0.711. The molecule has 2 amide bonds. The van der Waals surface area contributed by atoms with Gasteiger partial charge in [-0.05, 0) is 55.0 Å². The first kappa shape index (κ1) is 23.7. The minimum Gasteiger partial charge on any atom is -0.494 e. The Labute approximate surface area is 210 Å².